The van der Waals surface area contributed by atoms with Crippen LogP contribution in [0.5, 0.6) is 0 Å². The van der Waals surface area contributed by atoms with Crippen molar-refractivity contribution in [1.29, 1.82) is 0 Å². The van der Waals surface area contributed by atoms with E-state index in [0.717, 1.165) is 60.7 Å². The molecule has 1 N–H and O–H groups in total. The van der Waals surface area contributed by atoms with Gasteiger partial charge in [-0.1, -0.05) is 27.7 Å². The number of carbonyl (C=O) groups is 1. The van der Waals surface area contributed by atoms with Gasteiger partial charge < -0.3 is 15.1 Å². The molecule has 0 amide bonds. The third-order valence-corrected chi connectivity index (χ3v) is 9.62. The van der Waals surface area contributed by atoms with Crippen molar-refractivity contribution in [2.24, 2.45) is 17.8 Å². The molecule has 0 bridgehead atoms. The number of aromatic nitrogens is 2. The van der Waals surface area contributed by atoms with Crippen molar-refractivity contribution in [2.45, 2.75) is 72.3 Å². The maximum absolute atomic E-state index is 12.8. The number of ketones is 1. The number of piperazine rings is 1. The fourth-order valence-corrected chi connectivity index (χ4v) is 7.03. The lowest BCUT2D eigenvalue weighted by atomic mass is 9.85. The van der Waals surface area contributed by atoms with Gasteiger partial charge in [0.15, 0.2) is 0 Å². The smallest absolute Gasteiger partial charge is 0.227 e. The van der Waals surface area contributed by atoms with Crippen molar-refractivity contribution < 1.29 is 4.79 Å². The number of hydrogen-bond acceptors (Lipinski definition) is 7. The van der Waals surface area contributed by atoms with Crippen LogP contribution in [0.2, 0.25) is 0 Å². The van der Waals surface area contributed by atoms with Gasteiger partial charge in [0.2, 0.25) is 5.95 Å². The fraction of sp³-hybridized carbons (Fsp3) is 0.656. The van der Waals surface area contributed by atoms with Crippen LogP contribution in [-0.2, 0) is 11.2 Å². The third kappa shape index (κ3) is 7.83. The molecular weight excluding hydrogens is 564 g/mol. The second kappa shape index (κ2) is 14.2. The molecule has 1 saturated carbocycles. The largest absolute Gasteiger partial charge is 0.371 e. The normalized spacial score (nSPS) is 22.9. The molecule has 3 fully saturated rings. The van der Waals surface area contributed by atoms with Gasteiger partial charge in [0.05, 0.1) is 10.2 Å². The van der Waals surface area contributed by atoms with Gasteiger partial charge in [-0.15, -0.1) is 0 Å². The summed E-state index contributed by atoms with van der Waals surface area (Å²) in [6.45, 7) is 11.3. The van der Waals surface area contributed by atoms with Crippen molar-refractivity contribution in [3.05, 3.63) is 40.6 Å². The third-order valence-electron chi connectivity index (χ3n) is 8.96. The number of carbonyl (C=O) groups excluding carboxylic acids is 1. The maximum Gasteiger partial charge on any atom is 0.227 e. The fourth-order valence-electron chi connectivity index (χ4n) is 6.67. The molecule has 1 aromatic carbocycles. The van der Waals surface area contributed by atoms with E-state index in [1.165, 1.54) is 44.7 Å². The second-order valence-corrected chi connectivity index (χ2v) is 13.1. The summed E-state index contributed by atoms with van der Waals surface area (Å²) in [5.41, 5.74) is 3.26. The van der Waals surface area contributed by atoms with Crippen LogP contribution in [-0.4, -0.2) is 77.9 Å². The van der Waals surface area contributed by atoms with E-state index in [1.54, 1.807) is 0 Å². The van der Waals surface area contributed by atoms with Crippen molar-refractivity contribution in [2.75, 3.05) is 56.5 Å². The Hall–Kier alpha value is -2.03. The molecule has 40 heavy (non-hydrogen) atoms. The van der Waals surface area contributed by atoms with Crippen LogP contribution in [0.25, 0.3) is 0 Å². The number of rotatable bonds is 9. The van der Waals surface area contributed by atoms with Gasteiger partial charge in [-0.3, -0.25) is 9.69 Å². The van der Waals surface area contributed by atoms with E-state index in [1.807, 2.05) is 6.20 Å². The molecule has 3 heterocycles. The number of Topliss-reactive ketones (excluding diaryl/α,β-unsaturated/α-hetero) is 1. The molecule has 1 aromatic heterocycles. The van der Waals surface area contributed by atoms with E-state index in [2.05, 4.69) is 86.1 Å². The molecule has 2 aliphatic heterocycles. The number of nitrogens with zero attached hydrogens (tertiary/aromatic N) is 5. The van der Waals surface area contributed by atoms with Crippen LogP contribution in [0.15, 0.2) is 34.9 Å². The minimum absolute atomic E-state index is 0. The van der Waals surface area contributed by atoms with Crippen molar-refractivity contribution in [1.82, 2.24) is 19.8 Å². The topological polar surface area (TPSA) is 64.6 Å². The standard InChI is InChI=1S/C31H45BrN6O.CH4/c1-22(2)19-30(39)27-6-4-5-23(27)20-29-28(32)21-33-31(35-29)34-24-7-9-25(10-8-24)37-13-11-26(12-14-37)38-17-15-36(3)16-18-38;/h7-10,21-23,26-27H,4-6,11-20H2,1-3H3,(H,33,34,35);1H4/t23-,27-;/m0./s1. The van der Waals surface area contributed by atoms with Gasteiger partial charge in [0.1, 0.15) is 5.78 Å². The van der Waals surface area contributed by atoms with E-state index in [4.69, 9.17) is 4.98 Å². The highest BCUT2D eigenvalue weighted by Gasteiger charge is 2.33. The summed E-state index contributed by atoms with van der Waals surface area (Å²) in [5.74, 6) is 2.00. The van der Waals surface area contributed by atoms with Crippen LogP contribution in [0.4, 0.5) is 17.3 Å². The predicted molar refractivity (Wildman–Crippen MR) is 169 cm³/mol. The molecular formula is C32H49BrN6O. The first-order chi connectivity index (χ1) is 18.9. The molecule has 2 saturated heterocycles. The lowest BCUT2D eigenvalue weighted by Crippen LogP contribution is -2.52. The Kier molecular flexibility index (Phi) is 11.0. The van der Waals surface area contributed by atoms with Gasteiger partial charge in [-0.2, -0.15) is 0 Å². The molecule has 7 nitrogen and oxygen atoms in total. The predicted octanol–water partition coefficient (Wildman–Crippen LogP) is 6.41. The molecule has 5 rings (SSSR count). The van der Waals surface area contributed by atoms with Crippen LogP contribution < -0.4 is 10.2 Å². The van der Waals surface area contributed by atoms with E-state index >= 15 is 0 Å². The summed E-state index contributed by atoms with van der Waals surface area (Å²) in [4.78, 5) is 29.9. The highest BCUT2D eigenvalue weighted by molar-refractivity contribution is 9.10. The minimum Gasteiger partial charge on any atom is -0.371 e. The van der Waals surface area contributed by atoms with Crippen molar-refractivity contribution in [3.8, 4) is 0 Å². The molecule has 2 atom stereocenters. The van der Waals surface area contributed by atoms with Crippen LogP contribution in [0, 0.1) is 17.8 Å². The Labute approximate surface area is 250 Å². The molecule has 3 aliphatic rings. The Morgan fingerprint density at radius 1 is 1.02 bits per heavy atom. The number of anilines is 3. The molecule has 220 valence electrons. The van der Waals surface area contributed by atoms with Crippen LogP contribution in [0.3, 0.4) is 0 Å². The molecule has 2 aromatic rings. The van der Waals surface area contributed by atoms with Crippen molar-refractivity contribution >= 4 is 39.0 Å². The summed E-state index contributed by atoms with van der Waals surface area (Å²) < 4.78 is 0.922. The van der Waals surface area contributed by atoms with Crippen LogP contribution in [0.1, 0.15) is 65.5 Å². The number of halogens is 1. The van der Waals surface area contributed by atoms with Crippen molar-refractivity contribution in [3.63, 3.8) is 0 Å². The Bertz CT molecular complexity index is 1090. The Balaban J connectivity index is 0.00000370. The van der Waals surface area contributed by atoms with Crippen LogP contribution >= 0.6 is 15.9 Å². The summed E-state index contributed by atoms with van der Waals surface area (Å²) in [7, 11) is 2.23. The summed E-state index contributed by atoms with van der Waals surface area (Å²) in [5, 5.41) is 3.40. The van der Waals surface area contributed by atoms with Gasteiger partial charge in [-0.25, -0.2) is 9.97 Å². The molecule has 1 aliphatic carbocycles. The Morgan fingerprint density at radius 3 is 2.40 bits per heavy atom. The molecule has 0 radical (unpaired) electrons. The summed E-state index contributed by atoms with van der Waals surface area (Å²) >= 11 is 3.66. The maximum atomic E-state index is 12.8. The number of hydrogen-bond donors (Lipinski definition) is 1. The number of nitrogens with one attached hydrogen (secondary N) is 1. The average Bonchev–Trinajstić information content (AvgIpc) is 3.40. The Morgan fingerprint density at radius 2 is 1.73 bits per heavy atom. The first kappa shape index (κ1) is 30.9. The zero-order valence-electron chi connectivity index (χ0n) is 23.9. The summed E-state index contributed by atoms with van der Waals surface area (Å²) in [6, 6.07) is 9.41. The molecule has 0 spiro atoms. The summed E-state index contributed by atoms with van der Waals surface area (Å²) in [6.07, 6.45) is 9.06. The van der Waals surface area contributed by atoms with E-state index in [-0.39, 0.29) is 13.3 Å². The average molecular weight is 614 g/mol. The lowest BCUT2D eigenvalue weighted by Gasteiger charge is -2.42. The minimum atomic E-state index is 0. The van der Waals surface area contributed by atoms with E-state index in [0.29, 0.717) is 30.0 Å². The monoisotopic (exact) mass is 612 g/mol. The number of piperidine rings is 1. The van der Waals surface area contributed by atoms with Gasteiger partial charge in [0.25, 0.3) is 0 Å². The van der Waals surface area contributed by atoms with Gasteiger partial charge >= 0.3 is 0 Å². The quantitative estimate of drug-likeness (QED) is 0.351. The molecule has 0 unspecified atom stereocenters. The second-order valence-electron chi connectivity index (χ2n) is 12.3. The SMILES string of the molecule is C.CC(C)CC(=O)[C@H]1CCC[C@H]1Cc1nc(Nc2ccc(N3CCC(N4CCN(C)CC4)CC3)cc2)ncc1Br. The number of likely N-dealkylation sites (N-methyl/N-ethyl adjacent to an activating group) is 1. The highest BCUT2D eigenvalue weighted by atomic mass is 79.9. The van der Waals surface area contributed by atoms with E-state index < -0.39 is 0 Å². The zero-order valence-corrected chi connectivity index (χ0v) is 25.5. The zero-order chi connectivity index (χ0) is 27.4. The highest BCUT2D eigenvalue weighted by Crippen LogP contribution is 2.37. The van der Waals surface area contributed by atoms with E-state index in [9.17, 15) is 4.79 Å². The number of benzene rings is 1. The first-order valence-corrected chi connectivity index (χ1v) is 15.7. The van der Waals surface area contributed by atoms with Gasteiger partial charge in [-0.05, 0) is 91.2 Å². The molecule has 8 heteroatoms. The first-order valence-electron chi connectivity index (χ1n) is 14.9. The van der Waals surface area contributed by atoms with Gasteiger partial charge in [0, 0.05) is 75.2 Å². The lowest BCUT2D eigenvalue weighted by molar-refractivity contribution is -0.124.